The molecule has 7 nitrogen and oxygen atoms in total. The molecular formula is C19H21NO6. The number of esters is 1. The average molecular weight is 359 g/mol. The van der Waals surface area contributed by atoms with E-state index in [1.807, 2.05) is 12.1 Å². The van der Waals surface area contributed by atoms with Crippen LogP contribution < -0.4 is 9.47 Å². The molecule has 0 unspecified atom stereocenters. The number of carbonyl (C=O) groups is 2. The van der Waals surface area contributed by atoms with Crippen LogP contribution in [0.1, 0.15) is 34.1 Å². The number of methoxy groups -OCH3 is 3. The highest BCUT2D eigenvalue weighted by molar-refractivity contribution is 5.92. The number of fused-ring (bicyclic) bond motifs is 1. The molecule has 0 aliphatic carbocycles. The Balaban J connectivity index is 2.03. The number of hydrogen-bond acceptors (Lipinski definition) is 6. The zero-order chi connectivity index (χ0) is 18.7. The number of hydrogen-bond donors (Lipinski definition) is 0. The minimum absolute atomic E-state index is 0.0471. The summed E-state index contributed by atoms with van der Waals surface area (Å²) < 4.78 is 20.8. The fourth-order valence-electron chi connectivity index (χ4n) is 3.27. The van der Waals surface area contributed by atoms with Crippen LogP contribution in [-0.4, -0.2) is 44.7 Å². The number of carbonyl (C=O) groups excluding carboxylic acids is 2. The van der Waals surface area contributed by atoms with Gasteiger partial charge in [-0.3, -0.25) is 9.59 Å². The quantitative estimate of drug-likeness (QED) is 0.764. The first-order valence-electron chi connectivity index (χ1n) is 8.25. The molecule has 0 fully saturated rings. The lowest BCUT2D eigenvalue weighted by Gasteiger charge is -2.36. The van der Waals surface area contributed by atoms with E-state index in [-0.39, 0.29) is 18.1 Å². The predicted octanol–water partition coefficient (Wildman–Crippen LogP) is 2.60. The van der Waals surface area contributed by atoms with Crippen LogP contribution in [0.3, 0.4) is 0 Å². The molecule has 1 amide bonds. The van der Waals surface area contributed by atoms with Crippen molar-refractivity contribution in [2.75, 3.05) is 27.9 Å². The summed E-state index contributed by atoms with van der Waals surface area (Å²) in [6.45, 7) is 0.462. The fourth-order valence-corrected chi connectivity index (χ4v) is 3.27. The van der Waals surface area contributed by atoms with Crippen molar-refractivity contribution in [2.24, 2.45) is 0 Å². The number of furan rings is 1. The van der Waals surface area contributed by atoms with Gasteiger partial charge in [-0.05, 0) is 41.8 Å². The molecule has 0 N–H and O–H groups in total. The van der Waals surface area contributed by atoms with Crippen molar-refractivity contribution < 1.29 is 28.2 Å². The van der Waals surface area contributed by atoms with Crippen molar-refractivity contribution in [3.63, 3.8) is 0 Å². The zero-order valence-electron chi connectivity index (χ0n) is 15.0. The molecule has 0 spiro atoms. The first kappa shape index (κ1) is 17.8. The summed E-state index contributed by atoms with van der Waals surface area (Å²) in [5.74, 6) is 0.755. The van der Waals surface area contributed by atoms with E-state index in [1.165, 1.54) is 13.4 Å². The first-order valence-corrected chi connectivity index (χ1v) is 8.25. The number of ether oxygens (including phenoxy) is 3. The summed E-state index contributed by atoms with van der Waals surface area (Å²) in [6, 6.07) is 6.52. The number of benzene rings is 1. The van der Waals surface area contributed by atoms with Crippen molar-refractivity contribution >= 4 is 11.9 Å². The van der Waals surface area contributed by atoms with E-state index < -0.39 is 12.0 Å². The van der Waals surface area contributed by atoms with Gasteiger partial charge in [0.1, 0.15) is 0 Å². The second-order valence-electron chi connectivity index (χ2n) is 5.93. The third-order valence-corrected chi connectivity index (χ3v) is 4.58. The molecular weight excluding hydrogens is 338 g/mol. The number of amides is 1. The van der Waals surface area contributed by atoms with Crippen molar-refractivity contribution in [3.8, 4) is 11.5 Å². The summed E-state index contributed by atoms with van der Waals surface area (Å²) in [4.78, 5) is 26.5. The first-order chi connectivity index (χ1) is 12.6. The summed E-state index contributed by atoms with van der Waals surface area (Å²) in [7, 11) is 4.46. The van der Waals surface area contributed by atoms with Gasteiger partial charge in [0, 0.05) is 6.54 Å². The standard InChI is InChI=1S/C19H21NO6/c1-23-16-9-12-6-7-20(19(22)15-5-4-8-26-15)14(11-18(21)25-3)13(12)10-17(16)24-2/h4-5,8-10,14H,6-7,11H2,1-3H3/t14-/m0/s1. The van der Waals surface area contributed by atoms with Crippen molar-refractivity contribution in [1.29, 1.82) is 0 Å². The van der Waals surface area contributed by atoms with Gasteiger partial charge >= 0.3 is 5.97 Å². The van der Waals surface area contributed by atoms with Gasteiger partial charge in [0.05, 0.1) is 40.1 Å². The second-order valence-corrected chi connectivity index (χ2v) is 5.93. The van der Waals surface area contributed by atoms with Gasteiger partial charge in [0.2, 0.25) is 0 Å². The van der Waals surface area contributed by atoms with Crippen LogP contribution in [0.25, 0.3) is 0 Å². The van der Waals surface area contributed by atoms with Crippen LogP contribution in [0.5, 0.6) is 11.5 Å². The lowest BCUT2D eigenvalue weighted by atomic mass is 9.89. The molecule has 1 aliphatic heterocycles. The molecule has 2 aromatic rings. The lowest BCUT2D eigenvalue weighted by Crippen LogP contribution is -2.41. The van der Waals surface area contributed by atoms with Gasteiger partial charge in [-0.2, -0.15) is 0 Å². The smallest absolute Gasteiger partial charge is 0.307 e. The third kappa shape index (κ3) is 3.24. The Morgan fingerprint density at radius 2 is 1.92 bits per heavy atom. The van der Waals surface area contributed by atoms with Crippen LogP contribution in [0, 0.1) is 0 Å². The molecule has 1 atom stereocenters. The van der Waals surface area contributed by atoms with Crippen LogP contribution in [-0.2, 0) is 16.0 Å². The molecule has 0 radical (unpaired) electrons. The van der Waals surface area contributed by atoms with Crippen LogP contribution >= 0.6 is 0 Å². The molecule has 0 bridgehead atoms. The van der Waals surface area contributed by atoms with E-state index in [9.17, 15) is 9.59 Å². The van der Waals surface area contributed by atoms with Gasteiger partial charge in [-0.25, -0.2) is 0 Å². The summed E-state index contributed by atoms with van der Waals surface area (Å²) >= 11 is 0. The van der Waals surface area contributed by atoms with Gasteiger partial charge < -0.3 is 23.5 Å². The third-order valence-electron chi connectivity index (χ3n) is 4.58. The monoisotopic (exact) mass is 359 g/mol. The summed E-state index contributed by atoms with van der Waals surface area (Å²) in [6.07, 6.45) is 2.14. The van der Waals surface area contributed by atoms with Gasteiger partial charge in [-0.1, -0.05) is 0 Å². The normalized spacial score (nSPS) is 16.0. The Hall–Kier alpha value is -2.96. The van der Waals surface area contributed by atoms with Crippen LogP contribution in [0.4, 0.5) is 0 Å². The lowest BCUT2D eigenvalue weighted by molar-refractivity contribution is -0.141. The molecule has 138 valence electrons. The number of rotatable bonds is 5. The van der Waals surface area contributed by atoms with Gasteiger partial charge in [0.25, 0.3) is 5.91 Å². The largest absolute Gasteiger partial charge is 0.493 e. The van der Waals surface area contributed by atoms with E-state index in [4.69, 9.17) is 18.6 Å². The van der Waals surface area contributed by atoms with Crippen LogP contribution in [0.2, 0.25) is 0 Å². The summed E-state index contributed by atoms with van der Waals surface area (Å²) in [5.41, 5.74) is 1.86. The van der Waals surface area contributed by atoms with Crippen molar-refractivity contribution in [3.05, 3.63) is 47.4 Å². The molecule has 2 heterocycles. The van der Waals surface area contributed by atoms with Crippen molar-refractivity contribution in [2.45, 2.75) is 18.9 Å². The average Bonchev–Trinajstić information content (AvgIpc) is 3.21. The van der Waals surface area contributed by atoms with E-state index in [0.717, 1.165) is 11.1 Å². The van der Waals surface area contributed by atoms with Crippen molar-refractivity contribution in [1.82, 2.24) is 4.90 Å². The van der Waals surface area contributed by atoms with Gasteiger partial charge in [0.15, 0.2) is 17.3 Å². The number of nitrogens with zero attached hydrogens (tertiary/aromatic N) is 1. The van der Waals surface area contributed by atoms with E-state index in [1.54, 1.807) is 31.3 Å². The second kappa shape index (κ2) is 7.51. The predicted molar refractivity (Wildman–Crippen MR) is 92.4 cm³/mol. The Kier molecular flexibility index (Phi) is 5.16. The maximum atomic E-state index is 12.9. The molecule has 0 saturated heterocycles. The Bertz CT molecular complexity index is 799. The maximum Gasteiger partial charge on any atom is 0.307 e. The van der Waals surface area contributed by atoms with E-state index in [0.29, 0.717) is 24.5 Å². The maximum absolute atomic E-state index is 12.9. The molecule has 0 saturated carbocycles. The molecule has 1 aromatic heterocycles. The summed E-state index contributed by atoms with van der Waals surface area (Å²) in [5, 5.41) is 0. The highest BCUT2D eigenvalue weighted by atomic mass is 16.5. The van der Waals surface area contributed by atoms with Gasteiger partial charge in [-0.15, -0.1) is 0 Å². The SMILES string of the molecule is COC(=O)C[C@H]1c2cc(OC)c(OC)cc2CCN1C(=O)c1ccco1. The van der Waals surface area contributed by atoms with Crippen LogP contribution in [0.15, 0.2) is 34.9 Å². The highest BCUT2D eigenvalue weighted by Gasteiger charge is 2.35. The fraction of sp³-hybridized carbons (Fsp3) is 0.368. The van der Waals surface area contributed by atoms with E-state index in [2.05, 4.69) is 0 Å². The highest BCUT2D eigenvalue weighted by Crippen LogP contribution is 2.40. The topological polar surface area (TPSA) is 78.2 Å². The molecule has 7 heteroatoms. The molecule has 3 rings (SSSR count). The Labute approximate surface area is 151 Å². The van der Waals surface area contributed by atoms with E-state index >= 15 is 0 Å². The molecule has 1 aliphatic rings. The minimum atomic E-state index is -0.469. The molecule has 26 heavy (non-hydrogen) atoms. The molecule has 1 aromatic carbocycles. The zero-order valence-corrected chi connectivity index (χ0v) is 15.0. The Morgan fingerprint density at radius 3 is 2.54 bits per heavy atom. The minimum Gasteiger partial charge on any atom is -0.493 e. The Morgan fingerprint density at radius 1 is 1.19 bits per heavy atom.